The highest BCUT2D eigenvalue weighted by Gasteiger charge is 2.03. The van der Waals surface area contributed by atoms with Gasteiger partial charge in [-0.1, -0.05) is 28.1 Å². The number of nitrogens with zero attached hydrogens (tertiary/aromatic N) is 1. The zero-order valence-corrected chi connectivity index (χ0v) is 11.8. The summed E-state index contributed by atoms with van der Waals surface area (Å²) in [5.41, 5.74) is 0. The lowest BCUT2D eigenvalue weighted by Gasteiger charge is -2.09. The first kappa shape index (κ1) is 12.7. The molecule has 1 aromatic carbocycles. The molecule has 2 rings (SSSR count). The van der Waals surface area contributed by atoms with Crippen molar-refractivity contribution in [1.29, 1.82) is 0 Å². The average Bonchev–Trinajstić information content (AvgIpc) is 2.36. The third kappa shape index (κ3) is 3.11. The minimum Gasteiger partial charge on any atom is -0.370 e. The molecule has 0 aliphatic heterocycles. The molecule has 0 amide bonds. The summed E-state index contributed by atoms with van der Waals surface area (Å²) < 4.78 is 1.10. The summed E-state index contributed by atoms with van der Waals surface area (Å²) >= 11 is 9.20. The molecule has 0 radical (unpaired) electrons. The maximum Gasteiger partial charge on any atom is 0.133 e. The van der Waals surface area contributed by atoms with Gasteiger partial charge in [-0.3, -0.25) is 0 Å². The van der Waals surface area contributed by atoms with Crippen molar-refractivity contribution in [1.82, 2.24) is 4.98 Å². The number of fused-ring (bicyclic) bond motifs is 1. The molecule has 4 heteroatoms. The van der Waals surface area contributed by atoms with Gasteiger partial charge in [0.2, 0.25) is 0 Å². The molecule has 0 saturated carbocycles. The number of rotatable bonds is 5. The normalized spacial score (nSPS) is 10.7. The van der Waals surface area contributed by atoms with Crippen LogP contribution in [0.1, 0.15) is 12.8 Å². The Morgan fingerprint density at radius 1 is 1.18 bits per heavy atom. The fraction of sp³-hybridized carbons (Fsp3) is 0.308. The lowest BCUT2D eigenvalue weighted by Crippen LogP contribution is -2.03. The first-order chi connectivity index (χ1) is 8.33. The molecule has 2 aromatic rings. The Morgan fingerprint density at radius 2 is 2.06 bits per heavy atom. The van der Waals surface area contributed by atoms with Gasteiger partial charge < -0.3 is 5.32 Å². The van der Waals surface area contributed by atoms with Crippen LogP contribution in [-0.4, -0.2) is 17.4 Å². The Balaban J connectivity index is 2.19. The van der Waals surface area contributed by atoms with Gasteiger partial charge in [-0.25, -0.2) is 4.98 Å². The van der Waals surface area contributed by atoms with Gasteiger partial charge in [0.1, 0.15) is 5.82 Å². The summed E-state index contributed by atoms with van der Waals surface area (Å²) in [5, 5.41) is 5.69. The van der Waals surface area contributed by atoms with Crippen molar-refractivity contribution in [2.45, 2.75) is 12.8 Å². The van der Waals surface area contributed by atoms with Crippen molar-refractivity contribution >= 4 is 44.1 Å². The molecule has 0 saturated heterocycles. The number of benzene rings is 1. The molecule has 0 unspecified atom stereocenters. The number of anilines is 1. The lowest BCUT2D eigenvalue weighted by atomic mass is 10.1. The molecule has 0 atom stereocenters. The van der Waals surface area contributed by atoms with Gasteiger partial charge in [0.05, 0.1) is 0 Å². The van der Waals surface area contributed by atoms with E-state index in [0.29, 0.717) is 0 Å². The fourth-order valence-electron chi connectivity index (χ4n) is 1.74. The predicted molar refractivity (Wildman–Crippen MR) is 77.9 cm³/mol. The van der Waals surface area contributed by atoms with E-state index in [0.717, 1.165) is 40.9 Å². The van der Waals surface area contributed by atoms with Crippen molar-refractivity contribution in [2.75, 3.05) is 17.7 Å². The Bertz CT molecular complexity index is 502. The van der Waals surface area contributed by atoms with E-state index in [1.165, 1.54) is 5.39 Å². The van der Waals surface area contributed by atoms with E-state index < -0.39 is 0 Å². The van der Waals surface area contributed by atoms with E-state index in [2.05, 4.69) is 32.3 Å². The molecule has 90 valence electrons. The molecule has 0 bridgehead atoms. The number of pyridine rings is 1. The van der Waals surface area contributed by atoms with Crippen molar-refractivity contribution in [3.63, 3.8) is 0 Å². The van der Waals surface area contributed by atoms with Gasteiger partial charge >= 0.3 is 0 Å². The third-order valence-corrected chi connectivity index (χ3v) is 3.56. The van der Waals surface area contributed by atoms with Crippen molar-refractivity contribution in [2.24, 2.45) is 0 Å². The first-order valence-corrected chi connectivity index (χ1v) is 6.99. The van der Waals surface area contributed by atoms with Crippen LogP contribution in [0.15, 0.2) is 34.9 Å². The van der Waals surface area contributed by atoms with Gasteiger partial charge in [0, 0.05) is 33.9 Å². The zero-order valence-electron chi connectivity index (χ0n) is 9.42. The highest BCUT2D eigenvalue weighted by atomic mass is 79.9. The zero-order chi connectivity index (χ0) is 12.1. The number of halogens is 2. The van der Waals surface area contributed by atoms with E-state index in [-0.39, 0.29) is 0 Å². The van der Waals surface area contributed by atoms with Gasteiger partial charge in [0.15, 0.2) is 0 Å². The predicted octanol–water partition coefficient (Wildman–Crippen LogP) is 4.43. The van der Waals surface area contributed by atoms with Gasteiger partial charge in [-0.15, -0.1) is 11.6 Å². The number of alkyl halides is 1. The summed E-state index contributed by atoms with van der Waals surface area (Å²) in [7, 11) is 0. The van der Waals surface area contributed by atoms with Crippen LogP contribution in [0.5, 0.6) is 0 Å². The van der Waals surface area contributed by atoms with Gasteiger partial charge in [0.25, 0.3) is 0 Å². The maximum atomic E-state index is 5.65. The fourth-order valence-corrected chi connectivity index (χ4v) is 2.42. The van der Waals surface area contributed by atoms with Crippen molar-refractivity contribution < 1.29 is 0 Å². The summed E-state index contributed by atoms with van der Waals surface area (Å²) in [6.07, 6.45) is 3.93. The molecule has 1 heterocycles. The lowest BCUT2D eigenvalue weighted by molar-refractivity contribution is 0.837. The minimum absolute atomic E-state index is 0.718. The second-order valence-corrected chi connectivity index (χ2v) is 5.05. The van der Waals surface area contributed by atoms with Gasteiger partial charge in [-0.05, 0) is 25.0 Å². The summed E-state index contributed by atoms with van der Waals surface area (Å²) in [6, 6.07) is 8.16. The molecule has 2 nitrogen and oxygen atoms in total. The monoisotopic (exact) mass is 312 g/mol. The SMILES string of the molecule is ClCCCCNc1nccc2c(Br)cccc12. The highest BCUT2D eigenvalue weighted by Crippen LogP contribution is 2.27. The van der Waals surface area contributed by atoms with Crippen LogP contribution >= 0.6 is 27.5 Å². The number of hydrogen-bond acceptors (Lipinski definition) is 2. The minimum atomic E-state index is 0.718. The molecule has 0 aliphatic carbocycles. The molecule has 0 aliphatic rings. The average molecular weight is 314 g/mol. The highest BCUT2D eigenvalue weighted by molar-refractivity contribution is 9.10. The smallest absolute Gasteiger partial charge is 0.133 e. The van der Waals surface area contributed by atoms with Crippen LogP contribution in [0, 0.1) is 0 Å². The Hall–Kier alpha value is -0.800. The van der Waals surface area contributed by atoms with Gasteiger partial charge in [-0.2, -0.15) is 0 Å². The molecular formula is C13H14BrClN2. The quantitative estimate of drug-likeness (QED) is 0.652. The first-order valence-electron chi connectivity index (χ1n) is 5.66. The summed E-state index contributed by atoms with van der Waals surface area (Å²) in [6.45, 7) is 0.908. The van der Waals surface area contributed by atoms with Crippen LogP contribution in [0.2, 0.25) is 0 Å². The van der Waals surface area contributed by atoms with E-state index in [1.807, 2.05) is 24.4 Å². The molecule has 1 aromatic heterocycles. The van der Waals surface area contributed by atoms with Crippen molar-refractivity contribution in [3.8, 4) is 0 Å². The van der Waals surface area contributed by atoms with E-state index in [4.69, 9.17) is 11.6 Å². The van der Waals surface area contributed by atoms with Crippen molar-refractivity contribution in [3.05, 3.63) is 34.9 Å². The van der Waals surface area contributed by atoms with Crippen LogP contribution in [0.3, 0.4) is 0 Å². The molecule has 1 N–H and O–H groups in total. The summed E-state index contributed by atoms with van der Waals surface area (Å²) in [4.78, 5) is 4.38. The second kappa shape index (κ2) is 6.22. The number of unbranched alkanes of at least 4 members (excludes halogenated alkanes) is 1. The molecule has 0 fully saturated rings. The number of hydrogen-bond donors (Lipinski definition) is 1. The molecule has 0 spiro atoms. The largest absolute Gasteiger partial charge is 0.370 e. The summed E-state index contributed by atoms with van der Waals surface area (Å²) in [5.74, 6) is 1.66. The topological polar surface area (TPSA) is 24.9 Å². The number of nitrogens with one attached hydrogen (secondary N) is 1. The molecular weight excluding hydrogens is 300 g/mol. The van der Waals surface area contributed by atoms with E-state index in [1.54, 1.807) is 0 Å². The third-order valence-electron chi connectivity index (χ3n) is 2.61. The Morgan fingerprint density at radius 3 is 2.88 bits per heavy atom. The van der Waals surface area contributed by atoms with Crippen LogP contribution in [-0.2, 0) is 0 Å². The Labute approximate surface area is 115 Å². The Kier molecular flexibility index (Phi) is 4.63. The molecule has 17 heavy (non-hydrogen) atoms. The second-order valence-electron chi connectivity index (χ2n) is 3.82. The van der Waals surface area contributed by atoms with Crippen LogP contribution in [0.25, 0.3) is 10.8 Å². The van der Waals surface area contributed by atoms with Crippen LogP contribution < -0.4 is 5.32 Å². The number of aromatic nitrogens is 1. The maximum absolute atomic E-state index is 5.65. The van der Waals surface area contributed by atoms with Crippen LogP contribution in [0.4, 0.5) is 5.82 Å². The van der Waals surface area contributed by atoms with E-state index >= 15 is 0 Å². The standard InChI is InChI=1S/C13H14BrClN2/c14-12-5-3-4-11-10(12)6-9-17-13(11)16-8-2-1-7-15/h3-6,9H,1-2,7-8H2,(H,16,17). The van der Waals surface area contributed by atoms with E-state index in [9.17, 15) is 0 Å².